The van der Waals surface area contributed by atoms with Crippen LogP contribution in [-0.2, 0) is 13.1 Å². The topological polar surface area (TPSA) is 203 Å². The van der Waals surface area contributed by atoms with Crippen LogP contribution in [0.3, 0.4) is 0 Å². The van der Waals surface area contributed by atoms with Crippen molar-refractivity contribution < 1.29 is 40.9 Å². The van der Waals surface area contributed by atoms with Gasteiger partial charge in [0, 0.05) is 26.2 Å². The van der Waals surface area contributed by atoms with Crippen LogP contribution < -0.4 is 5.32 Å². The first-order chi connectivity index (χ1) is 14.4. The molecule has 0 aromatic carbocycles. The molecule has 0 aliphatic carbocycles. The molecule has 9 N–H and O–H groups in total. The van der Waals surface area contributed by atoms with E-state index < -0.39 is 48.8 Å². The summed E-state index contributed by atoms with van der Waals surface area (Å²) < 4.78 is 0. The third-order valence-corrected chi connectivity index (χ3v) is 4.83. The molecule has 1 aromatic rings. The zero-order valence-electron chi connectivity index (χ0n) is 18.0. The average Bonchev–Trinajstić information content (AvgIpc) is 2.72. The summed E-state index contributed by atoms with van der Waals surface area (Å²) in [6.07, 6.45) is -7.73. The minimum Gasteiger partial charge on any atom is -0.391 e. The van der Waals surface area contributed by atoms with Gasteiger partial charge in [-0.05, 0) is 20.9 Å². The molecule has 1 heterocycles. The SMILES string of the molecule is C[C@@H](O)[C@@H](O)[C@H](O)[C@@H](O)CNCc1cnc(CN(C)C[C@H](O)[C@@H](O)[C@H](O)[C@@H](C)O)cn1. The summed E-state index contributed by atoms with van der Waals surface area (Å²) in [5.74, 6) is 0. The van der Waals surface area contributed by atoms with Gasteiger partial charge < -0.3 is 46.2 Å². The van der Waals surface area contributed by atoms with Crippen LogP contribution in [0.4, 0.5) is 0 Å². The number of aliphatic hydroxyl groups is 8. The second-order valence-electron chi connectivity index (χ2n) is 7.90. The Balaban J connectivity index is 2.44. The van der Waals surface area contributed by atoms with E-state index >= 15 is 0 Å². The lowest BCUT2D eigenvalue weighted by atomic mass is 10.0. The van der Waals surface area contributed by atoms with Crippen LogP contribution in [0, 0.1) is 0 Å². The van der Waals surface area contributed by atoms with E-state index in [-0.39, 0.29) is 19.6 Å². The van der Waals surface area contributed by atoms with Crippen molar-refractivity contribution in [3.63, 3.8) is 0 Å². The van der Waals surface area contributed by atoms with Crippen molar-refractivity contribution in [1.82, 2.24) is 20.2 Å². The third kappa shape index (κ3) is 9.37. The summed E-state index contributed by atoms with van der Waals surface area (Å²) in [5.41, 5.74) is 1.17. The molecular weight excluding hydrogens is 412 g/mol. The lowest BCUT2D eigenvalue weighted by molar-refractivity contribution is -0.105. The van der Waals surface area contributed by atoms with E-state index in [9.17, 15) is 40.9 Å². The van der Waals surface area contributed by atoms with E-state index in [0.29, 0.717) is 17.9 Å². The molecule has 1 aromatic heterocycles. The average molecular weight is 449 g/mol. The molecule has 0 aliphatic heterocycles. The molecule has 0 aliphatic rings. The largest absolute Gasteiger partial charge is 0.391 e. The smallest absolute Gasteiger partial charge is 0.109 e. The van der Waals surface area contributed by atoms with E-state index in [2.05, 4.69) is 15.3 Å². The second kappa shape index (κ2) is 13.3. The maximum Gasteiger partial charge on any atom is 0.109 e. The molecule has 0 saturated heterocycles. The van der Waals surface area contributed by atoms with Gasteiger partial charge in [-0.1, -0.05) is 0 Å². The van der Waals surface area contributed by atoms with Crippen molar-refractivity contribution in [2.75, 3.05) is 20.1 Å². The van der Waals surface area contributed by atoms with Crippen molar-refractivity contribution >= 4 is 0 Å². The molecule has 0 amide bonds. The summed E-state index contributed by atoms with van der Waals surface area (Å²) >= 11 is 0. The van der Waals surface area contributed by atoms with E-state index in [1.165, 1.54) is 26.2 Å². The molecule has 12 heteroatoms. The lowest BCUT2D eigenvalue weighted by Gasteiger charge is -2.27. The molecule has 31 heavy (non-hydrogen) atoms. The molecular formula is C19H36N4O8. The summed E-state index contributed by atoms with van der Waals surface area (Å²) in [6, 6.07) is 0. The highest BCUT2D eigenvalue weighted by molar-refractivity contribution is 5.02. The van der Waals surface area contributed by atoms with Gasteiger partial charge >= 0.3 is 0 Å². The molecule has 1 rings (SSSR count). The zero-order chi connectivity index (χ0) is 23.7. The van der Waals surface area contributed by atoms with E-state index in [0.717, 1.165) is 0 Å². The van der Waals surface area contributed by atoms with Gasteiger partial charge in [0.05, 0.1) is 48.2 Å². The van der Waals surface area contributed by atoms with Gasteiger partial charge in [-0.25, -0.2) is 0 Å². The van der Waals surface area contributed by atoms with E-state index in [4.69, 9.17) is 0 Å². The van der Waals surface area contributed by atoms with Gasteiger partial charge in [0.1, 0.15) is 24.4 Å². The Morgan fingerprint density at radius 2 is 1.26 bits per heavy atom. The van der Waals surface area contributed by atoms with Gasteiger partial charge in [-0.2, -0.15) is 0 Å². The van der Waals surface area contributed by atoms with Gasteiger partial charge in [0.15, 0.2) is 0 Å². The number of likely N-dealkylation sites (N-methyl/N-ethyl adjacent to an activating group) is 1. The fourth-order valence-electron chi connectivity index (χ4n) is 2.82. The van der Waals surface area contributed by atoms with Crippen molar-refractivity contribution in [3.05, 3.63) is 23.8 Å². The monoisotopic (exact) mass is 448 g/mol. The standard InChI is InChI=1S/C19H36N4O8/c1-10(24)16(28)18(30)14(26)7-20-4-12-5-22-13(6-21-12)8-23(3)9-15(27)19(31)17(29)11(2)25/h5-6,10-11,14-20,24-31H,4,7-9H2,1-3H3/t10-,11-,14+,15+,16-,17-,18-,19-/m1/s1. The predicted octanol–water partition coefficient (Wildman–Crippen LogP) is -4.07. The quantitative estimate of drug-likeness (QED) is 0.133. The van der Waals surface area contributed by atoms with E-state index in [1.54, 1.807) is 11.9 Å². The van der Waals surface area contributed by atoms with Gasteiger partial charge in [-0.3, -0.25) is 14.9 Å². The summed E-state index contributed by atoms with van der Waals surface area (Å²) in [5, 5.41) is 80.0. The Labute approximate surface area is 181 Å². The van der Waals surface area contributed by atoms with Crippen LogP contribution in [0.1, 0.15) is 25.2 Å². The molecule has 12 nitrogen and oxygen atoms in total. The highest BCUT2D eigenvalue weighted by Crippen LogP contribution is 2.08. The molecule has 0 fully saturated rings. The zero-order valence-corrected chi connectivity index (χ0v) is 18.0. The molecule has 0 saturated carbocycles. The number of nitrogens with one attached hydrogen (secondary N) is 1. The summed E-state index contributed by atoms with van der Waals surface area (Å²) in [6.45, 7) is 3.20. The number of aromatic nitrogens is 2. The maximum absolute atomic E-state index is 10.0. The Morgan fingerprint density at radius 3 is 1.74 bits per heavy atom. The fourth-order valence-corrected chi connectivity index (χ4v) is 2.82. The lowest BCUT2D eigenvalue weighted by Crippen LogP contribution is -2.47. The van der Waals surface area contributed by atoms with Crippen LogP contribution in [0.15, 0.2) is 12.4 Å². The molecule has 0 unspecified atom stereocenters. The first kappa shape index (κ1) is 27.7. The highest BCUT2D eigenvalue weighted by atomic mass is 16.4. The summed E-state index contributed by atoms with van der Waals surface area (Å²) in [7, 11) is 1.69. The van der Waals surface area contributed by atoms with Crippen molar-refractivity contribution in [2.45, 2.75) is 75.8 Å². The maximum atomic E-state index is 10.0. The third-order valence-electron chi connectivity index (χ3n) is 4.83. The van der Waals surface area contributed by atoms with Crippen LogP contribution in [-0.4, -0.2) is 125 Å². The minimum absolute atomic E-state index is 0.0321. The molecule has 0 bridgehead atoms. The predicted molar refractivity (Wildman–Crippen MR) is 109 cm³/mol. The van der Waals surface area contributed by atoms with Gasteiger partial charge in [0.25, 0.3) is 0 Å². The Bertz CT molecular complexity index is 621. The number of nitrogens with zero attached hydrogens (tertiary/aromatic N) is 3. The Morgan fingerprint density at radius 1 is 0.774 bits per heavy atom. The fraction of sp³-hybridized carbons (Fsp3) is 0.789. The first-order valence-corrected chi connectivity index (χ1v) is 10.1. The number of aliphatic hydroxyl groups excluding tert-OH is 8. The second-order valence-corrected chi connectivity index (χ2v) is 7.90. The Hall–Kier alpha value is -1.32. The van der Waals surface area contributed by atoms with E-state index in [1.807, 2.05) is 0 Å². The molecule has 0 radical (unpaired) electrons. The van der Waals surface area contributed by atoms with Gasteiger partial charge in [0.2, 0.25) is 0 Å². The Kier molecular flexibility index (Phi) is 11.9. The van der Waals surface area contributed by atoms with Crippen LogP contribution >= 0.6 is 0 Å². The number of hydrogen-bond acceptors (Lipinski definition) is 12. The van der Waals surface area contributed by atoms with Gasteiger partial charge in [-0.15, -0.1) is 0 Å². The van der Waals surface area contributed by atoms with Crippen LogP contribution in [0.2, 0.25) is 0 Å². The molecule has 8 atom stereocenters. The molecule has 0 spiro atoms. The molecule has 180 valence electrons. The summed E-state index contributed by atoms with van der Waals surface area (Å²) in [4.78, 5) is 10.2. The van der Waals surface area contributed by atoms with Crippen molar-refractivity contribution in [1.29, 1.82) is 0 Å². The highest BCUT2D eigenvalue weighted by Gasteiger charge is 2.29. The normalized spacial score (nSPS) is 20.0. The van der Waals surface area contributed by atoms with Crippen LogP contribution in [0.25, 0.3) is 0 Å². The first-order valence-electron chi connectivity index (χ1n) is 10.1. The number of hydrogen-bond donors (Lipinski definition) is 9. The number of rotatable bonds is 14. The van der Waals surface area contributed by atoms with Crippen molar-refractivity contribution in [3.8, 4) is 0 Å². The van der Waals surface area contributed by atoms with Crippen molar-refractivity contribution in [2.24, 2.45) is 0 Å². The minimum atomic E-state index is -1.49. The van der Waals surface area contributed by atoms with Crippen LogP contribution in [0.5, 0.6) is 0 Å².